The molecule has 0 N–H and O–H groups in total. The molecule has 0 fully saturated rings. The van der Waals surface area contributed by atoms with Crippen LogP contribution in [0.15, 0.2) is 0 Å². The number of unbranched alkanes of at least 4 members (excludes halogenated alkanes) is 21. The summed E-state index contributed by atoms with van der Waals surface area (Å²) in [5.41, 5.74) is 0. The van der Waals surface area contributed by atoms with Gasteiger partial charge in [0.05, 0.1) is 0 Å². The number of hydrogen-bond donors (Lipinski definition) is 0. The number of hydrogen-bond acceptors (Lipinski definition) is 6. The summed E-state index contributed by atoms with van der Waals surface area (Å²) in [6, 6.07) is 0. The smallest absolute Gasteiger partial charge is 0.306 e. The molecule has 6 nitrogen and oxygen atoms in total. The van der Waals surface area contributed by atoms with E-state index in [9.17, 15) is 14.4 Å². The monoisotopic (exact) mass is 737 g/mol. The van der Waals surface area contributed by atoms with Gasteiger partial charge in [-0.25, -0.2) is 0 Å². The number of rotatable bonds is 39. The summed E-state index contributed by atoms with van der Waals surface area (Å²) < 4.78 is 16.7. The molecule has 52 heavy (non-hydrogen) atoms. The van der Waals surface area contributed by atoms with Crippen molar-refractivity contribution in [3.05, 3.63) is 0 Å². The van der Waals surface area contributed by atoms with Crippen LogP contribution >= 0.6 is 0 Å². The highest BCUT2D eigenvalue weighted by Crippen LogP contribution is 2.17. The lowest BCUT2D eigenvalue weighted by atomic mass is 9.99. The van der Waals surface area contributed by atoms with Gasteiger partial charge in [0.2, 0.25) is 0 Å². The van der Waals surface area contributed by atoms with Crippen LogP contribution in [-0.2, 0) is 28.6 Å². The molecule has 0 saturated heterocycles. The van der Waals surface area contributed by atoms with E-state index in [2.05, 4.69) is 41.5 Å². The highest BCUT2D eigenvalue weighted by atomic mass is 16.6. The first-order valence-electron chi connectivity index (χ1n) is 22.6. The van der Waals surface area contributed by atoms with Crippen LogP contribution in [0.25, 0.3) is 0 Å². The van der Waals surface area contributed by atoms with E-state index in [1.54, 1.807) is 0 Å². The quantitative estimate of drug-likeness (QED) is 0.0355. The Balaban J connectivity index is 4.32. The summed E-state index contributed by atoms with van der Waals surface area (Å²) in [6.07, 6.45) is 33.9. The lowest BCUT2D eigenvalue weighted by Crippen LogP contribution is -2.30. The Morgan fingerprint density at radius 2 is 0.673 bits per heavy atom. The Morgan fingerprint density at radius 3 is 1.00 bits per heavy atom. The second-order valence-electron chi connectivity index (χ2n) is 16.9. The molecular weight excluding hydrogens is 648 g/mol. The summed E-state index contributed by atoms with van der Waals surface area (Å²) in [6.45, 7) is 13.6. The Bertz CT molecular complexity index is 809. The highest BCUT2D eigenvalue weighted by molar-refractivity contribution is 5.71. The van der Waals surface area contributed by atoms with Crippen molar-refractivity contribution in [3.8, 4) is 0 Å². The maximum atomic E-state index is 12.7. The number of ether oxygens (including phenoxy) is 3. The largest absolute Gasteiger partial charge is 0.462 e. The van der Waals surface area contributed by atoms with Crippen LogP contribution in [-0.4, -0.2) is 37.2 Å². The summed E-state index contributed by atoms with van der Waals surface area (Å²) in [4.78, 5) is 37.6. The molecule has 6 heteroatoms. The highest BCUT2D eigenvalue weighted by Gasteiger charge is 2.19. The van der Waals surface area contributed by atoms with Crippen molar-refractivity contribution >= 4 is 17.9 Å². The van der Waals surface area contributed by atoms with Gasteiger partial charge < -0.3 is 14.2 Å². The molecule has 0 saturated carbocycles. The van der Waals surface area contributed by atoms with E-state index in [4.69, 9.17) is 14.2 Å². The molecule has 0 aromatic heterocycles. The molecule has 0 heterocycles. The topological polar surface area (TPSA) is 78.9 Å². The SMILES string of the molecule is CCC(C)CCCCCCCCCCCCC(=O)OC[C@@H](COC(=O)CCCCCCCCCCC(C)C)OC(=O)CCCCCCCCC(C)C. The van der Waals surface area contributed by atoms with Crippen molar-refractivity contribution in [1.82, 2.24) is 0 Å². The zero-order valence-electron chi connectivity index (χ0n) is 35.6. The Kier molecular flexibility index (Phi) is 36.6. The van der Waals surface area contributed by atoms with Gasteiger partial charge in [-0.2, -0.15) is 0 Å². The van der Waals surface area contributed by atoms with Crippen molar-refractivity contribution in [2.45, 2.75) is 247 Å². The van der Waals surface area contributed by atoms with E-state index in [1.165, 1.54) is 122 Å². The average molecular weight is 737 g/mol. The van der Waals surface area contributed by atoms with Gasteiger partial charge in [0, 0.05) is 19.3 Å². The lowest BCUT2D eigenvalue weighted by molar-refractivity contribution is -0.167. The maximum absolute atomic E-state index is 12.7. The second-order valence-corrected chi connectivity index (χ2v) is 16.9. The molecule has 1 unspecified atom stereocenters. The van der Waals surface area contributed by atoms with Crippen molar-refractivity contribution in [3.63, 3.8) is 0 Å². The first-order chi connectivity index (χ1) is 25.1. The van der Waals surface area contributed by atoms with Gasteiger partial charge in [-0.1, -0.05) is 202 Å². The molecule has 308 valence electrons. The van der Waals surface area contributed by atoms with Crippen LogP contribution in [0.2, 0.25) is 0 Å². The Hall–Kier alpha value is -1.59. The first kappa shape index (κ1) is 50.4. The van der Waals surface area contributed by atoms with Crippen LogP contribution in [0, 0.1) is 17.8 Å². The maximum Gasteiger partial charge on any atom is 0.306 e. The van der Waals surface area contributed by atoms with Gasteiger partial charge in [0.25, 0.3) is 0 Å². The van der Waals surface area contributed by atoms with Crippen LogP contribution in [0.1, 0.15) is 241 Å². The number of carbonyl (C=O) groups excluding carboxylic acids is 3. The van der Waals surface area contributed by atoms with E-state index in [1.807, 2.05) is 0 Å². The van der Waals surface area contributed by atoms with E-state index < -0.39 is 6.10 Å². The molecule has 0 amide bonds. The molecule has 2 atom stereocenters. The van der Waals surface area contributed by atoms with E-state index in [0.29, 0.717) is 19.3 Å². The predicted molar refractivity (Wildman–Crippen MR) is 219 cm³/mol. The van der Waals surface area contributed by atoms with Crippen molar-refractivity contribution < 1.29 is 28.6 Å². The normalized spacial score (nSPS) is 12.7. The van der Waals surface area contributed by atoms with Crippen LogP contribution in [0.3, 0.4) is 0 Å². The fourth-order valence-corrected chi connectivity index (χ4v) is 6.67. The molecular formula is C46H88O6. The first-order valence-corrected chi connectivity index (χ1v) is 22.6. The molecule has 0 aliphatic carbocycles. The van der Waals surface area contributed by atoms with Crippen molar-refractivity contribution in [2.75, 3.05) is 13.2 Å². The molecule has 0 aliphatic heterocycles. The van der Waals surface area contributed by atoms with Gasteiger partial charge in [-0.3, -0.25) is 14.4 Å². The van der Waals surface area contributed by atoms with Crippen LogP contribution in [0.4, 0.5) is 0 Å². The number of carbonyl (C=O) groups is 3. The summed E-state index contributed by atoms with van der Waals surface area (Å²) >= 11 is 0. The minimum absolute atomic E-state index is 0.0672. The van der Waals surface area contributed by atoms with Crippen molar-refractivity contribution in [1.29, 1.82) is 0 Å². The third kappa shape index (κ3) is 38.1. The van der Waals surface area contributed by atoms with Gasteiger partial charge >= 0.3 is 17.9 Å². The number of esters is 3. The van der Waals surface area contributed by atoms with Gasteiger partial charge in [-0.05, 0) is 37.0 Å². The van der Waals surface area contributed by atoms with Gasteiger partial charge in [-0.15, -0.1) is 0 Å². The van der Waals surface area contributed by atoms with Gasteiger partial charge in [0.15, 0.2) is 6.10 Å². The minimum Gasteiger partial charge on any atom is -0.462 e. The third-order valence-corrected chi connectivity index (χ3v) is 10.5. The minimum atomic E-state index is -0.762. The van der Waals surface area contributed by atoms with Crippen LogP contribution in [0.5, 0.6) is 0 Å². The zero-order chi connectivity index (χ0) is 38.5. The molecule has 0 aromatic rings. The molecule has 0 bridgehead atoms. The summed E-state index contributed by atoms with van der Waals surface area (Å²) in [5, 5.41) is 0. The van der Waals surface area contributed by atoms with Gasteiger partial charge in [0.1, 0.15) is 13.2 Å². The molecule has 0 aliphatic rings. The lowest BCUT2D eigenvalue weighted by Gasteiger charge is -2.18. The fourth-order valence-electron chi connectivity index (χ4n) is 6.67. The zero-order valence-corrected chi connectivity index (χ0v) is 35.6. The average Bonchev–Trinajstić information content (AvgIpc) is 3.11. The second kappa shape index (κ2) is 37.7. The Labute approximate surface area is 323 Å². The predicted octanol–water partition coefficient (Wildman–Crippen LogP) is 14.0. The van der Waals surface area contributed by atoms with E-state index in [-0.39, 0.29) is 31.1 Å². The van der Waals surface area contributed by atoms with E-state index in [0.717, 1.165) is 75.5 Å². The summed E-state index contributed by atoms with van der Waals surface area (Å²) in [7, 11) is 0. The van der Waals surface area contributed by atoms with Crippen LogP contribution < -0.4 is 0 Å². The summed E-state index contributed by atoms with van der Waals surface area (Å²) in [5.74, 6) is 1.56. The molecule has 0 radical (unpaired) electrons. The molecule has 0 spiro atoms. The third-order valence-electron chi connectivity index (χ3n) is 10.5. The standard InChI is InChI=1S/C46H88O6/c1-7-42(6)34-28-22-15-10-8-9-11-16-23-29-35-44(47)50-38-43(52-46(49)37-31-25-19-18-21-27-33-41(4)5)39-51-45(48)36-30-24-17-13-12-14-20-26-32-40(2)3/h40-43H,7-39H2,1-6H3/t42?,43-/m0/s1. The van der Waals surface area contributed by atoms with E-state index >= 15 is 0 Å². The van der Waals surface area contributed by atoms with Crippen molar-refractivity contribution in [2.24, 2.45) is 17.8 Å². The molecule has 0 rings (SSSR count). The molecule has 0 aromatic carbocycles. The fraction of sp³-hybridized carbons (Fsp3) is 0.935. The Morgan fingerprint density at radius 1 is 0.385 bits per heavy atom.